The van der Waals surface area contributed by atoms with Gasteiger partial charge in [-0.25, -0.2) is 9.59 Å². The van der Waals surface area contributed by atoms with Gasteiger partial charge in [0.05, 0.1) is 0 Å². The average Bonchev–Trinajstić information content (AvgIpc) is 2.69. The first-order chi connectivity index (χ1) is 14.5. The molecular weight excluding hydrogens is 443 g/mol. The molecule has 0 amide bonds. The molecule has 6 nitrogen and oxygen atoms in total. The van der Waals surface area contributed by atoms with E-state index in [0.717, 1.165) is 0 Å². The van der Waals surface area contributed by atoms with Crippen LogP contribution in [0.25, 0.3) is 5.57 Å². The normalized spacial score (nSPS) is 15.3. The first-order valence-electron chi connectivity index (χ1n) is 8.97. The van der Waals surface area contributed by atoms with Crippen LogP contribution in [-0.2, 0) is 9.59 Å². The van der Waals surface area contributed by atoms with Gasteiger partial charge in [-0.2, -0.15) is 0 Å². The molecule has 2 aromatic rings. The lowest BCUT2D eigenvalue weighted by Gasteiger charge is -2.20. The number of aliphatic carboxylic acids is 1. The number of ketones is 1. The topological polar surface area (TPSA) is 112 Å². The van der Waals surface area contributed by atoms with Crippen LogP contribution in [0.2, 0.25) is 10.0 Å². The number of Topliss-reactive ketones (excluding diaryl/α,β-unsaturated/α-hetero) is 1. The van der Waals surface area contributed by atoms with Crippen LogP contribution in [0.15, 0.2) is 59.2 Å². The summed E-state index contributed by atoms with van der Waals surface area (Å²) in [5.74, 6) is -3.76. The van der Waals surface area contributed by atoms with Gasteiger partial charge in [0.2, 0.25) is 0 Å². The zero-order valence-electron chi connectivity index (χ0n) is 16.4. The standard InChI is InChI=1S/C23H16Cl2O6/c1-10-8-12(9-15(20(10)26)23(30)31)18(19-16(24)4-3-5-17(19)25)13-6-7-14(22(28)29)21(27)11(13)2/h3-9,27H,1-2H3,(H,28,29)(H,30,31)/b18-12-. The Bertz CT molecular complexity index is 1230. The number of carboxylic acids is 2. The molecule has 0 fully saturated rings. The fourth-order valence-corrected chi connectivity index (χ4v) is 3.98. The van der Waals surface area contributed by atoms with Gasteiger partial charge in [0, 0.05) is 15.6 Å². The second-order valence-electron chi connectivity index (χ2n) is 6.89. The number of hydrogen-bond acceptors (Lipinski definition) is 4. The third-order valence-corrected chi connectivity index (χ3v) is 5.57. The number of hydrogen-bond donors (Lipinski definition) is 3. The van der Waals surface area contributed by atoms with Crippen LogP contribution in [0.4, 0.5) is 0 Å². The molecule has 0 saturated carbocycles. The molecule has 1 aliphatic carbocycles. The monoisotopic (exact) mass is 458 g/mol. The van der Waals surface area contributed by atoms with Gasteiger partial charge < -0.3 is 15.3 Å². The maximum atomic E-state index is 12.3. The zero-order chi connectivity index (χ0) is 23.0. The minimum Gasteiger partial charge on any atom is -0.507 e. The molecule has 0 unspecified atom stereocenters. The molecule has 0 radical (unpaired) electrons. The maximum absolute atomic E-state index is 12.3. The summed E-state index contributed by atoms with van der Waals surface area (Å²) in [6.45, 7) is 3.01. The van der Waals surface area contributed by atoms with Crippen molar-refractivity contribution in [3.8, 4) is 5.75 Å². The minimum atomic E-state index is -1.39. The second-order valence-corrected chi connectivity index (χ2v) is 7.70. The number of carbonyl (C=O) groups excluding carboxylic acids is 1. The quantitative estimate of drug-likeness (QED) is 0.552. The molecule has 0 aromatic heterocycles. The van der Waals surface area contributed by atoms with Crippen LogP contribution < -0.4 is 0 Å². The highest BCUT2D eigenvalue weighted by Crippen LogP contribution is 2.42. The van der Waals surface area contributed by atoms with Crippen LogP contribution in [0, 0.1) is 6.92 Å². The van der Waals surface area contributed by atoms with Crippen molar-refractivity contribution in [3.05, 3.63) is 91.5 Å². The average molecular weight is 459 g/mol. The number of aromatic carboxylic acids is 1. The first-order valence-corrected chi connectivity index (χ1v) is 9.73. The number of carbonyl (C=O) groups is 3. The number of halogens is 2. The molecule has 0 heterocycles. The van der Waals surface area contributed by atoms with E-state index >= 15 is 0 Å². The summed E-state index contributed by atoms with van der Waals surface area (Å²) < 4.78 is 0. The Morgan fingerprint density at radius 2 is 1.45 bits per heavy atom. The van der Waals surface area contributed by atoms with Gasteiger partial charge in [0.1, 0.15) is 16.9 Å². The Morgan fingerprint density at radius 3 is 2.00 bits per heavy atom. The molecule has 2 aromatic carbocycles. The largest absolute Gasteiger partial charge is 0.507 e. The number of phenols is 1. The van der Waals surface area contributed by atoms with Gasteiger partial charge in [-0.1, -0.05) is 35.3 Å². The Morgan fingerprint density at radius 1 is 0.871 bits per heavy atom. The van der Waals surface area contributed by atoms with Crippen molar-refractivity contribution >= 4 is 46.5 Å². The molecule has 0 atom stereocenters. The highest BCUT2D eigenvalue weighted by molar-refractivity contribution is 6.38. The number of aromatic hydroxyl groups is 1. The third kappa shape index (κ3) is 4.00. The Kier molecular flexibility index (Phi) is 6.06. The van der Waals surface area contributed by atoms with Crippen molar-refractivity contribution in [2.75, 3.05) is 0 Å². The SMILES string of the molecule is CC1=C/C(=C(\c2ccc(C(=O)O)c(O)c2C)c2c(Cl)cccc2Cl)C=C(C(=O)O)C1=O. The molecule has 3 rings (SSSR count). The Balaban J connectivity index is 2.48. The van der Waals surface area contributed by atoms with E-state index in [-0.39, 0.29) is 26.7 Å². The summed E-state index contributed by atoms with van der Waals surface area (Å²) >= 11 is 12.9. The molecule has 0 aliphatic heterocycles. The van der Waals surface area contributed by atoms with E-state index in [4.69, 9.17) is 23.2 Å². The van der Waals surface area contributed by atoms with Gasteiger partial charge >= 0.3 is 11.9 Å². The van der Waals surface area contributed by atoms with Gasteiger partial charge in [0.25, 0.3) is 0 Å². The van der Waals surface area contributed by atoms with Crippen molar-refractivity contribution in [2.24, 2.45) is 0 Å². The summed E-state index contributed by atoms with van der Waals surface area (Å²) in [5, 5.41) is 29.7. The van der Waals surface area contributed by atoms with E-state index in [2.05, 4.69) is 0 Å². The highest BCUT2D eigenvalue weighted by atomic mass is 35.5. The Hall–Kier alpha value is -3.35. The van der Waals surface area contributed by atoms with Gasteiger partial charge in [-0.3, -0.25) is 4.79 Å². The smallest absolute Gasteiger partial charge is 0.339 e. The lowest BCUT2D eigenvalue weighted by Crippen LogP contribution is -2.17. The summed E-state index contributed by atoms with van der Waals surface area (Å²) in [4.78, 5) is 35.3. The van der Waals surface area contributed by atoms with E-state index in [9.17, 15) is 29.7 Å². The lowest BCUT2D eigenvalue weighted by atomic mass is 9.84. The Labute approximate surface area is 187 Å². The number of carboxylic acid groups (broad SMARTS) is 2. The molecule has 1 aliphatic rings. The molecule has 31 heavy (non-hydrogen) atoms. The van der Waals surface area contributed by atoms with Crippen molar-refractivity contribution in [2.45, 2.75) is 13.8 Å². The number of rotatable bonds is 4. The van der Waals surface area contributed by atoms with E-state index < -0.39 is 29.0 Å². The van der Waals surface area contributed by atoms with Crippen LogP contribution in [0.1, 0.15) is 34.0 Å². The lowest BCUT2D eigenvalue weighted by molar-refractivity contribution is -0.134. The van der Waals surface area contributed by atoms with Crippen molar-refractivity contribution in [1.29, 1.82) is 0 Å². The predicted molar refractivity (Wildman–Crippen MR) is 117 cm³/mol. The van der Waals surface area contributed by atoms with Crippen LogP contribution in [-0.4, -0.2) is 33.0 Å². The molecule has 158 valence electrons. The fraction of sp³-hybridized carbons (Fsp3) is 0.0870. The van der Waals surface area contributed by atoms with E-state index in [0.29, 0.717) is 22.3 Å². The van der Waals surface area contributed by atoms with E-state index in [1.807, 2.05) is 0 Å². The number of allylic oxidation sites excluding steroid dienone is 4. The summed E-state index contributed by atoms with van der Waals surface area (Å²) in [6.07, 6.45) is 2.72. The number of benzene rings is 2. The van der Waals surface area contributed by atoms with Crippen LogP contribution in [0.5, 0.6) is 5.75 Å². The summed E-state index contributed by atoms with van der Waals surface area (Å²) in [6, 6.07) is 7.54. The highest BCUT2D eigenvalue weighted by Gasteiger charge is 2.27. The van der Waals surface area contributed by atoms with Crippen molar-refractivity contribution in [3.63, 3.8) is 0 Å². The van der Waals surface area contributed by atoms with Gasteiger partial charge in [0.15, 0.2) is 5.78 Å². The fourth-order valence-electron chi connectivity index (χ4n) is 3.39. The predicted octanol–water partition coefficient (Wildman–Crippen LogP) is 5.05. The van der Waals surface area contributed by atoms with Gasteiger partial charge in [-0.15, -0.1) is 0 Å². The molecule has 0 saturated heterocycles. The van der Waals surface area contributed by atoms with E-state index in [1.165, 1.54) is 38.1 Å². The molecule has 0 bridgehead atoms. The van der Waals surface area contributed by atoms with Crippen LogP contribution in [0.3, 0.4) is 0 Å². The first kappa shape index (κ1) is 22.3. The second kappa shape index (κ2) is 8.41. The van der Waals surface area contributed by atoms with Crippen molar-refractivity contribution in [1.82, 2.24) is 0 Å². The summed E-state index contributed by atoms with van der Waals surface area (Å²) in [7, 11) is 0. The molecule has 3 N–H and O–H groups in total. The third-order valence-electron chi connectivity index (χ3n) is 4.94. The minimum absolute atomic E-state index is 0.194. The maximum Gasteiger partial charge on any atom is 0.339 e. The molecule has 0 spiro atoms. The van der Waals surface area contributed by atoms with Gasteiger partial charge in [-0.05, 0) is 72.0 Å². The van der Waals surface area contributed by atoms with Crippen LogP contribution >= 0.6 is 23.2 Å². The molecular formula is C23H16Cl2O6. The zero-order valence-corrected chi connectivity index (χ0v) is 17.9. The van der Waals surface area contributed by atoms with Crippen molar-refractivity contribution < 1.29 is 29.7 Å². The summed E-state index contributed by atoms with van der Waals surface area (Å²) in [5.41, 5.74) is 1.12. The van der Waals surface area contributed by atoms with E-state index in [1.54, 1.807) is 18.2 Å². The molecule has 8 heteroatoms.